The van der Waals surface area contributed by atoms with Crippen molar-refractivity contribution >= 4 is 11.9 Å². The lowest BCUT2D eigenvalue weighted by Crippen LogP contribution is -2.50. The third kappa shape index (κ3) is 8.37. The fourth-order valence-electron chi connectivity index (χ4n) is 2.68. The van der Waals surface area contributed by atoms with Gasteiger partial charge in [0.15, 0.2) is 0 Å². The molecule has 130 valence electrons. The molecule has 0 spiro atoms. The molecule has 0 amide bonds. The molecule has 0 fully saturated rings. The molecule has 0 aromatic rings. The zero-order chi connectivity index (χ0) is 17.3. The van der Waals surface area contributed by atoms with Crippen LogP contribution < -0.4 is 5.32 Å². The molecule has 5 heteroatoms. The highest BCUT2D eigenvalue weighted by Crippen LogP contribution is 2.24. The summed E-state index contributed by atoms with van der Waals surface area (Å²) >= 11 is 0. The smallest absolute Gasteiger partial charge is 0.322 e. The number of ether oxygens (including phenoxy) is 2. The second-order valence-corrected chi connectivity index (χ2v) is 6.78. The largest absolute Gasteiger partial charge is 0.466 e. The van der Waals surface area contributed by atoms with E-state index in [0.717, 1.165) is 6.42 Å². The zero-order valence-electron chi connectivity index (χ0n) is 15.2. The van der Waals surface area contributed by atoms with Gasteiger partial charge in [0.1, 0.15) is 6.04 Å². The molecule has 0 aliphatic heterocycles. The summed E-state index contributed by atoms with van der Waals surface area (Å²) in [4.78, 5) is 23.9. The third-order valence-corrected chi connectivity index (χ3v) is 3.38. The first-order chi connectivity index (χ1) is 10.1. The van der Waals surface area contributed by atoms with Crippen molar-refractivity contribution in [3.05, 3.63) is 0 Å². The van der Waals surface area contributed by atoms with Crippen molar-refractivity contribution in [2.75, 3.05) is 13.2 Å². The van der Waals surface area contributed by atoms with E-state index < -0.39 is 6.04 Å². The Morgan fingerprint density at radius 1 is 1.00 bits per heavy atom. The summed E-state index contributed by atoms with van der Waals surface area (Å²) in [6.07, 6.45) is 1.39. The SMILES string of the molecule is CCOC(=O)C(CC(C)C)CC(C)(C)NC(C)C(=O)OCC. The van der Waals surface area contributed by atoms with E-state index in [1.54, 1.807) is 13.8 Å². The van der Waals surface area contributed by atoms with Gasteiger partial charge in [-0.25, -0.2) is 0 Å². The summed E-state index contributed by atoms with van der Waals surface area (Å²) in [5, 5.41) is 3.26. The third-order valence-electron chi connectivity index (χ3n) is 3.38. The maximum Gasteiger partial charge on any atom is 0.322 e. The maximum atomic E-state index is 12.1. The Bertz CT molecular complexity index is 353. The Morgan fingerprint density at radius 2 is 1.50 bits per heavy atom. The Kier molecular flexibility index (Phi) is 9.33. The second kappa shape index (κ2) is 9.82. The van der Waals surface area contributed by atoms with Crippen molar-refractivity contribution in [3.8, 4) is 0 Å². The fourth-order valence-corrected chi connectivity index (χ4v) is 2.68. The van der Waals surface area contributed by atoms with Gasteiger partial charge in [-0.2, -0.15) is 0 Å². The number of carbonyl (C=O) groups excluding carboxylic acids is 2. The number of hydrogen-bond acceptors (Lipinski definition) is 5. The predicted octanol–water partition coefficient (Wildman–Crippen LogP) is 2.92. The lowest BCUT2D eigenvalue weighted by atomic mass is 9.85. The quantitative estimate of drug-likeness (QED) is 0.628. The molecule has 22 heavy (non-hydrogen) atoms. The van der Waals surface area contributed by atoms with Crippen LogP contribution in [0.25, 0.3) is 0 Å². The Morgan fingerprint density at radius 3 is 1.95 bits per heavy atom. The topological polar surface area (TPSA) is 64.6 Å². The van der Waals surface area contributed by atoms with Crippen LogP contribution in [-0.4, -0.2) is 36.7 Å². The van der Waals surface area contributed by atoms with E-state index in [4.69, 9.17) is 9.47 Å². The van der Waals surface area contributed by atoms with Gasteiger partial charge < -0.3 is 9.47 Å². The van der Waals surface area contributed by atoms with Gasteiger partial charge in [-0.3, -0.25) is 14.9 Å². The van der Waals surface area contributed by atoms with Crippen molar-refractivity contribution < 1.29 is 19.1 Å². The Labute approximate surface area is 135 Å². The molecule has 2 atom stereocenters. The van der Waals surface area contributed by atoms with Crippen molar-refractivity contribution in [1.29, 1.82) is 0 Å². The average Bonchev–Trinajstić information content (AvgIpc) is 2.37. The molecular weight excluding hydrogens is 282 g/mol. The highest BCUT2D eigenvalue weighted by molar-refractivity contribution is 5.75. The molecule has 0 rings (SSSR count). The van der Waals surface area contributed by atoms with E-state index >= 15 is 0 Å². The summed E-state index contributed by atoms with van der Waals surface area (Å²) in [5.41, 5.74) is -0.363. The van der Waals surface area contributed by atoms with E-state index in [2.05, 4.69) is 19.2 Å². The highest BCUT2D eigenvalue weighted by atomic mass is 16.5. The fraction of sp³-hybridized carbons (Fsp3) is 0.882. The van der Waals surface area contributed by atoms with Crippen LogP contribution in [0.5, 0.6) is 0 Å². The molecule has 0 heterocycles. The summed E-state index contributed by atoms with van der Waals surface area (Å²) in [6.45, 7) is 14.3. The van der Waals surface area contributed by atoms with E-state index in [0.29, 0.717) is 25.6 Å². The van der Waals surface area contributed by atoms with Crippen molar-refractivity contribution in [2.24, 2.45) is 11.8 Å². The average molecular weight is 315 g/mol. The van der Waals surface area contributed by atoms with E-state index in [-0.39, 0.29) is 23.4 Å². The number of nitrogens with one attached hydrogen (secondary N) is 1. The van der Waals surface area contributed by atoms with Crippen molar-refractivity contribution in [3.63, 3.8) is 0 Å². The Balaban J connectivity index is 4.78. The summed E-state index contributed by atoms with van der Waals surface area (Å²) in [5.74, 6) is -0.188. The lowest BCUT2D eigenvalue weighted by molar-refractivity contribution is -0.149. The van der Waals surface area contributed by atoms with Crippen LogP contribution in [0.15, 0.2) is 0 Å². The molecule has 0 aliphatic carbocycles. The first kappa shape index (κ1) is 20.9. The molecule has 1 N–H and O–H groups in total. The first-order valence-corrected chi connectivity index (χ1v) is 8.23. The Hall–Kier alpha value is -1.10. The van der Waals surface area contributed by atoms with Gasteiger partial charge >= 0.3 is 11.9 Å². The minimum atomic E-state index is -0.406. The minimum absolute atomic E-state index is 0.158. The number of carbonyl (C=O) groups is 2. The second-order valence-electron chi connectivity index (χ2n) is 6.78. The molecule has 5 nitrogen and oxygen atoms in total. The van der Waals surface area contributed by atoms with Crippen LogP contribution >= 0.6 is 0 Å². The van der Waals surface area contributed by atoms with Gasteiger partial charge in [0.2, 0.25) is 0 Å². The predicted molar refractivity (Wildman–Crippen MR) is 87.5 cm³/mol. The van der Waals surface area contributed by atoms with E-state index in [1.807, 2.05) is 20.8 Å². The molecule has 0 bridgehead atoms. The number of hydrogen-bond donors (Lipinski definition) is 1. The number of esters is 2. The van der Waals surface area contributed by atoms with Crippen LogP contribution in [0.1, 0.15) is 61.3 Å². The minimum Gasteiger partial charge on any atom is -0.466 e. The molecular formula is C17H33NO4. The van der Waals surface area contributed by atoms with Crippen LogP contribution in [-0.2, 0) is 19.1 Å². The molecule has 0 radical (unpaired) electrons. The maximum absolute atomic E-state index is 12.1. The van der Waals surface area contributed by atoms with Gasteiger partial charge in [-0.15, -0.1) is 0 Å². The van der Waals surface area contributed by atoms with Crippen LogP contribution in [0.4, 0.5) is 0 Å². The van der Waals surface area contributed by atoms with Gasteiger partial charge in [0.05, 0.1) is 19.1 Å². The van der Waals surface area contributed by atoms with Gasteiger partial charge in [0.25, 0.3) is 0 Å². The normalized spacial score (nSPS) is 14.5. The molecule has 0 saturated carbocycles. The highest BCUT2D eigenvalue weighted by Gasteiger charge is 2.31. The van der Waals surface area contributed by atoms with Crippen LogP contribution in [0.2, 0.25) is 0 Å². The van der Waals surface area contributed by atoms with E-state index in [9.17, 15) is 9.59 Å². The van der Waals surface area contributed by atoms with Gasteiger partial charge in [0, 0.05) is 5.54 Å². The standard InChI is InChI=1S/C17H33NO4/c1-8-21-15(19)13(5)18-17(6,7)11-14(10-12(3)4)16(20)22-9-2/h12-14,18H,8-11H2,1-7H3. The molecule has 0 aromatic carbocycles. The van der Waals surface area contributed by atoms with Gasteiger partial charge in [-0.1, -0.05) is 13.8 Å². The molecule has 2 unspecified atom stereocenters. The summed E-state index contributed by atoms with van der Waals surface area (Å²) < 4.78 is 10.2. The van der Waals surface area contributed by atoms with Gasteiger partial charge in [-0.05, 0) is 53.4 Å². The molecule has 0 aromatic heterocycles. The van der Waals surface area contributed by atoms with E-state index in [1.165, 1.54) is 0 Å². The first-order valence-electron chi connectivity index (χ1n) is 8.23. The number of rotatable bonds is 10. The zero-order valence-corrected chi connectivity index (χ0v) is 15.2. The van der Waals surface area contributed by atoms with Crippen LogP contribution in [0, 0.1) is 11.8 Å². The molecule has 0 saturated heterocycles. The molecule has 0 aliphatic rings. The lowest BCUT2D eigenvalue weighted by Gasteiger charge is -2.32. The summed E-state index contributed by atoms with van der Waals surface area (Å²) in [6, 6.07) is -0.406. The van der Waals surface area contributed by atoms with Crippen molar-refractivity contribution in [1.82, 2.24) is 5.32 Å². The monoisotopic (exact) mass is 315 g/mol. The summed E-state index contributed by atoms with van der Waals surface area (Å²) in [7, 11) is 0. The van der Waals surface area contributed by atoms with Crippen molar-refractivity contribution in [2.45, 2.75) is 72.9 Å². The van der Waals surface area contributed by atoms with Crippen LogP contribution in [0.3, 0.4) is 0 Å².